The molecule has 2 rings (SSSR count). The van der Waals surface area contributed by atoms with Crippen LogP contribution in [0, 0.1) is 12.7 Å². The number of carboxylic acids is 1. The Morgan fingerprint density at radius 3 is 2.21 bits per heavy atom. The quantitative estimate of drug-likeness (QED) is 0.615. The number of halogens is 1. The lowest BCUT2D eigenvalue weighted by atomic mass is 9.99. The van der Waals surface area contributed by atoms with E-state index in [-0.39, 0.29) is 25.4 Å². The van der Waals surface area contributed by atoms with E-state index < -0.39 is 23.6 Å². The van der Waals surface area contributed by atoms with Crippen LogP contribution in [0.15, 0.2) is 48.5 Å². The standard InChI is InChI=1S/C21H23FN2O4/c1-14-2-4-15(5-3-14)6-11-19(25)24-13-20(26)23-12-18(21(27)28)16-7-9-17(22)10-8-16/h2-5,7-10,18H,6,11-13H2,1H3,(H,23,26)(H,24,25)(H,27,28). The predicted molar refractivity (Wildman–Crippen MR) is 102 cm³/mol. The van der Waals surface area contributed by atoms with Crippen LogP contribution in [0.5, 0.6) is 0 Å². The van der Waals surface area contributed by atoms with Crippen molar-refractivity contribution in [1.29, 1.82) is 0 Å². The summed E-state index contributed by atoms with van der Waals surface area (Å²) in [5.74, 6) is -3.35. The highest BCUT2D eigenvalue weighted by Gasteiger charge is 2.20. The van der Waals surface area contributed by atoms with Gasteiger partial charge in [0, 0.05) is 13.0 Å². The molecular weight excluding hydrogens is 363 g/mol. The van der Waals surface area contributed by atoms with Crippen molar-refractivity contribution in [2.24, 2.45) is 0 Å². The topological polar surface area (TPSA) is 95.5 Å². The highest BCUT2D eigenvalue weighted by Crippen LogP contribution is 2.16. The number of nitrogens with one attached hydrogen (secondary N) is 2. The van der Waals surface area contributed by atoms with E-state index in [0.717, 1.165) is 11.1 Å². The van der Waals surface area contributed by atoms with Crippen LogP contribution >= 0.6 is 0 Å². The molecule has 6 nitrogen and oxygen atoms in total. The molecule has 0 spiro atoms. The van der Waals surface area contributed by atoms with Gasteiger partial charge in [-0.05, 0) is 36.6 Å². The number of carboxylic acid groups (broad SMARTS) is 1. The summed E-state index contributed by atoms with van der Waals surface area (Å²) >= 11 is 0. The van der Waals surface area contributed by atoms with Gasteiger partial charge in [-0.1, -0.05) is 42.0 Å². The summed E-state index contributed by atoms with van der Waals surface area (Å²) in [5.41, 5.74) is 2.57. The zero-order valence-corrected chi connectivity index (χ0v) is 15.6. The molecule has 28 heavy (non-hydrogen) atoms. The Hall–Kier alpha value is -3.22. The smallest absolute Gasteiger partial charge is 0.312 e. The van der Waals surface area contributed by atoms with Gasteiger partial charge in [0.15, 0.2) is 0 Å². The normalized spacial score (nSPS) is 11.5. The van der Waals surface area contributed by atoms with E-state index in [1.807, 2.05) is 31.2 Å². The second kappa shape index (κ2) is 10.2. The molecule has 0 aromatic heterocycles. The number of carbonyl (C=O) groups is 3. The van der Waals surface area contributed by atoms with E-state index in [4.69, 9.17) is 0 Å². The first-order valence-electron chi connectivity index (χ1n) is 8.92. The molecule has 0 radical (unpaired) electrons. The summed E-state index contributed by atoms with van der Waals surface area (Å²) in [7, 11) is 0. The lowest BCUT2D eigenvalue weighted by molar-refractivity contribution is -0.138. The van der Waals surface area contributed by atoms with E-state index in [1.54, 1.807) is 0 Å². The van der Waals surface area contributed by atoms with Gasteiger partial charge in [0.2, 0.25) is 11.8 Å². The molecule has 2 aromatic rings. The molecule has 0 saturated carbocycles. The molecule has 2 amide bonds. The van der Waals surface area contributed by atoms with Crippen molar-refractivity contribution in [3.63, 3.8) is 0 Å². The summed E-state index contributed by atoms with van der Waals surface area (Å²) in [4.78, 5) is 35.1. The van der Waals surface area contributed by atoms with Gasteiger partial charge in [-0.15, -0.1) is 0 Å². The van der Waals surface area contributed by atoms with Gasteiger partial charge in [0.25, 0.3) is 0 Å². The minimum Gasteiger partial charge on any atom is -0.481 e. The number of rotatable bonds is 9. The second-order valence-corrected chi connectivity index (χ2v) is 6.51. The molecule has 2 aromatic carbocycles. The first kappa shape index (κ1) is 21.1. The maximum atomic E-state index is 13.0. The van der Waals surface area contributed by atoms with Gasteiger partial charge in [-0.3, -0.25) is 14.4 Å². The summed E-state index contributed by atoms with van der Waals surface area (Å²) < 4.78 is 13.0. The highest BCUT2D eigenvalue weighted by molar-refractivity contribution is 5.85. The molecule has 0 saturated heterocycles. The predicted octanol–water partition coefficient (Wildman–Crippen LogP) is 2.17. The van der Waals surface area contributed by atoms with Gasteiger partial charge in [0.05, 0.1) is 12.5 Å². The van der Waals surface area contributed by atoms with Crippen molar-refractivity contribution in [3.8, 4) is 0 Å². The Kier molecular flexibility index (Phi) is 7.68. The number of aliphatic carboxylic acids is 1. The Morgan fingerprint density at radius 2 is 1.61 bits per heavy atom. The molecule has 0 fully saturated rings. The molecule has 0 aliphatic heterocycles. The van der Waals surface area contributed by atoms with Gasteiger partial charge < -0.3 is 15.7 Å². The number of amides is 2. The van der Waals surface area contributed by atoms with Crippen molar-refractivity contribution in [2.75, 3.05) is 13.1 Å². The molecular formula is C21H23FN2O4. The van der Waals surface area contributed by atoms with Crippen molar-refractivity contribution in [3.05, 3.63) is 71.0 Å². The van der Waals surface area contributed by atoms with Crippen molar-refractivity contribution in [1.82, 2.24) is 10.6 Å². The SMILES string of the molecule is Cc1ccc(CCC(=O)NCC(=O)NCC(C(=O)O)c2ccc(F)cc2)cc1. The lowest BCUT2D eigenvalue weighted by Crippen LogP contribution is -2.39. The molecule has 1 atom stereocenters. The summed E-state index contributed by atoms with van der Waals surface area (Å²) in [6.07, 6.45) is 0.822. The molecule has 0 aliphatic carbocycles. The van der Waals surface area contributed by atoms with Crippen LogP contribution in [0.2, 0.25) is 0 Å². The Labute approximate surface area is 162 Å². The minimum atomic E-state index is -1.13. The zero-order valence-electron chi connectivity index (χ0n) is 15.6. The van der Waals surface area contributed by atoms with Gasteiger partial charge >= 0.3 is 5.97 Å². The number of hydrogen-bond donors (Lipinski definition) is 3. The van der Waals surface area contributed by atoms with Crippen LogP contribution in [0.3, 0.4) is 0 Å². The molecule has 148 valence electrons. The fourth-order valence-corrected chi connectivity index (χ4v) is 2.60. The van der Waals surface area contributed by atoms with E-state index >= 15 is 0 Å². The average Bonchev–Trinajstić information content (AvgIpc) is 2.67. The zero-order chi connectivity index (χ0) is 20.5. The van der Waals surface area contributed by atoms with Gasteiger partial charge in [-0.2, -0.15) is 0 Å². The van der Waals surface area contributed by atoms with Crippen LogP contribution in [0.4, 0.5) is 4.39 Å². The fraction of sp³-hybridized carbons (Fsp3) is 0.286. The minimum absolute atomic E-state index is 0.154. The molecule has 3 N–H and O–H groups in total. The van der Waals surface area contributed by atoms with Crippen LogP contribution in [0.25, 0.3) is 0 Å². The molecule has 1 unspecified atom stereocenters. The first-order chi connectivity index (χ1) is 13.3. The lowest BCUT2D eigenvalue weighted by Gasteiger charge is -2.14. The van der Waals surface area contributed by atoms with E-state index in [2.05, 4.69) is 10.6 Å². The second-order valence-electron chi connectivity index (χ2n) is 6.51. The Morgan fingerprint density at radius 1 is 0.964 bits per heavy atom. The van der Waals surface area contributed by atoms with Crippen LogP contribution in [-0.2, 0) is 20.8 Å². The van der Waals surface area contributed by atoms with Gasteiger partial charge in [0.1, 0.15) is 5.82 Å². The average molecular weight is 386 g/mol. The van der Waals surface area contributed by atoms with E-state index in [1.165, 1.54) is 24.3 Å². The summed E-state index contributed by atoms with van der Waals surface area (Å²) in [6, 6.07) is 12.9. The number of benzene rings is 2. The number of aryl methyl sites for hydroxylation is 2. The molecule has 7 heteroatoms. The maximum absolute atomic E-state index is 13.0. The molecule has 0 bridgehead atoms. The Bertz CT molecular complexity index is 819. The van der Waals surface area contributed by atoms with Crippen molar-refractivity contribution >= 4 is 17.8 Å². The first-order valence-corrected chi connectivity index (χ1v) is 8.92. The number of hydrogen-bond acceptors (Lipinski definition) is 3. The summed E-state index contributed by atoms with van der Waals surface area (Å²) in [5, 5.41) is 14.3. The Balaban J connectivity index is 1.74. The molecule has 0 heterocycles. The van der Waals surface area contributed by atoms with Crippen molar-refractivity contribution in [2.45, 2.75) is 25.7 Å². The monoisotopic (exact) mass is 386 g/mol. The largest absolute Gasteiger partial charge is 0.481 e. The number of carbonyl (C=O) groups excluding carboxylic acids is 2. The van der Waals surface area contributed by atoms with Crippen LogP contribution in [0.1, 0.15) is 29.0 Å². The third kappa shape index (κ3) is 6.83. The highest BCUT2D eigenvalue weighted by atomic mass is 19.1. The van der Waals surface area contributed by atoms with Crippen molar-refractivity contribution < 1.29 is 23.9 Å². The van der Waals surface area contributed by atoms with Crippen LogP contribution in [-0.4, -0.2) is 36.0 Å². The van der Waals surface area contributed by atoms with E-state index in [0.29, 0.717) is 12.0 Å². The van der Waals surface area contributed by atoms with Crippen LogP contribution < -0.4 is 10.6 Å². The molecule has 0 aliphatic rings. The maximum Gasteiger partial charge on any atom is 0.312 e. The van der Waals surface area contributed by atoms with E-state index in [9.17, 15) is 23.9 Å². The fourth-order valence-electron chi connectivity index (χ4n) is 2.60. The third-order valence-electron chi connectivity index (χ3n) is 4.28. The third-order valence-corrected chi connectivity index (χ3v) is 4.28. The van der Waals surface area contributed by atoms with Gasteiger partial charge in [-0.25, -0.2) is 4.39 Å². The summed E-state index contributed by atoms with van der Waals surface area (Å²) in [6.45, 7) is 1.60.